The van der Waals surface area contributed by atoms with Crippen LogP contribution in [0.3, 0.4) is 0 Å². The van der Waals surface area contributed by atoms with Crippen LogP contribution in [0.2, 0.25) is 0 Å². The molecule has 0 aliphatic carbocycles. The number of piperidine rings is 1. The molecular formula is C17H20F3N5O. The van der Waals surface area contributed by atoms with E-state index < -0.39 is 11.7 Å². The van der Waals surface area contributed by atoms with E-state index in [-0.39, 0.29) is 23.8 Å². The molecule has 0 spiro atoms. The van der Waals surface area contributed by atoms with E-state index in [9.17, 15) is 18.0 Å². The van der Waals surface area contributed by atoms with Gasteiger partial charge in [-0.15, -0.1) is 10.2 Å². The molecule has 1 fully saturated rings. The number of benzene rings is 1. The fourth-order valence-electron chi connectivity index (χ4n) is 3.35. The Kier molecular flexibility index (Phi) is 4.97. The summed E-state index contributed by atoms with van der Waals surface area (Å²) >= 11 is 0. The van der Waals surface area contributed by atoms with Crippen molar-refractivity contribution in [2.75, 3.05) is 13.1 Å². The Bertz CT molecular complexity index is 779. The highest BCUT2D eigenvalue weighted by molar-refractivity contribution is 5.76. The third-order valence-corrected chi connectivity index (χ3v) is 4.40. The van der Waals surface area contributed by atoms with Gasteiger partial charge in [0.15, 0.2) is 0 Å². The first-order valence-electron chi connectivity index (χ1n) is 8.45. The summed E-state index contributed by atoms with van der Waals surface area (Å²) in [4.78, 5) is 15.3. The SMILES string of the molecule is C[C@@H]1C[C@@H](C)CN(C(=O)Cn2nnc(-c3cccc(C(F)(F)F)c3)n2)C1. The van der Waals surface area contributed by atoms with Crippen molar-refractivity contribution < 1.29 is 18.0 Å². The molecule has 1 aliphatic heterocycles. The molecule has 0 saturated carbocycles. The zero-order valence-corrected chi connectivity index (χ0v) is 14.6. The zero-order valence-electron chi connectivity index (χ0n) is 14.6. The van der Waals surface area contributed by atoms with Gasteiger partial charge in [0, 0.05) is 18.7 Å². The Morgan fingerprint density at radius 3 is 2.58 bits per heavy atom. The molecule has 2 aromatic rings. The van der Waals surface area contributed by atoms with Crippen LogP contribution in [0.5, 0.6) is 0 Å². The largest absolute Gasteiger partial charge is 0.416 e. The lowest BCUT2D eigenvalue weighted by molar-refractivity contribution is -0.137. The number of nitrogens with zero attached hydrogens (tertiary/aromatic N) is 5. The van der Waals surface area contributed by atoms with Gasteiger partial charge in [0.1, 0.15) is 6.54 Å². The van der Waals surface area contributed by atoms with Crippen molar-refractivity contribution in [3.05, 3.63) is 29.8 Å². The van der Waals surface area contributed by atoms with Gasteiger partial charge in [0.25, 0.3) is 0 Å². The average molecular weight is 367 g/mol. The topological polar surface area (TPSA) is 63.9 Å². The maximum Gasteiger partial charge on any atom is 0.416 e. The van der Waals surface area contributed by atoms with Crippen LogP contribution in [0.4, 0.5) is 13.2 Å². The van der Waals surface area contributed by atoms with Crippen LogP contribution >= 0.6 is 0 Å². The molecule has 0 unspecified atom stereocenters. The number of halogens is 3. The Morgan fingerprint density at radius 1 is 1.23 bits per heavy atom. The van der Waals surface area contributed by atoms with Crippen molar-refractivity contribution in [1.82, 2.24) is 25.1 Å². The summed E-state index contributed by atoms with van der Waals surface area (Å²) in [5.41, 5.74) is -0.572. The quantitative estimate of drug-likeness (QED) is 0.837. The molecule has 1 saturated heterocycles. The molecule has 140 valence electrons. The molecule has 2 atom stereocenters. The van der Waals surface area contributed by atoms with Gasteiger partial charge in [0.05, 0.1) is 5.56 Å². The molecule has 2 heterocycles. The van der Waals surface area contributed by atoms with Crippen LogP contribution in [-0.2, 0) is 17.5 Å². The number of amides is 1. The van der Waals surface area contributed by atoms with E-state index in [1.165, 1.54) is 12.1 Å². The molecule has 1 aromatic heterocycles. The van der Waals surface area contributed by atoms with E-state index in [0.717, 1.165) is 23.4 Å². The number of rotatable bonds is 3. The van der Waals surface area contributed by atoms with Crippen LogP contribution in [-0.4, -0.2) is 44.1 Å². The third-order valence-electron chi connectivity index (χ3n) is 4.40. The van der Waals surface area contributed by atoms with Gasteiger partial charge < -0.3 is 4.90 Å². The first-order chi connectivity index (χ1) is 12.2. The van der Waals surface area contributed by atoms with Gasteiger partial charge in [0.2, 0.25) is 11.7 Å². The predicted molar refractivity (Wildman–Crippen MR) is 87.8 cm³/mol. The van der Waals surface area contributed by atoms with Crippen molar-refractivity contribution in [3.63, 3.8) is 0 Å². The van der Waals surface area contributed by atoms with E-state index in [4.69, 9.17) is 0 Å². The number of alkyl halides is 3. The van der Waals surface area contributed by atoms with Crippen molar-refractivity contribution >= 4 is 5.91 Å². The van der Waals surface area contributed by atoms with Crippen molar-refractivity contribution in [3.8, 4) is 11.4 Å². The molecule has 6 nitrogen and oxygen atoms in total. The molecule has 3 rings (SSSR count). The number of carbonyl (C=O) groups excluding carboxylic acids is 1. The fourth-order valence-corrected chi connectivity index (χ4v) is 3.35. The summed E-state index contributed by atoms with van der Waals surface area (Å²) < 4.78 is 38.5. The summed E-state index contributed by atoms with van der Waals surface area (Å²) in [6.07, 6.45) is -3.35. The number of carbonyl (C=O) groups is 1. The molecule has 1 aromatic carbocycles. The number of hydrogen-bond donors (Lipinski definition) is 0. The Balaban J connectivity index is 1.71. The van der Waals surface area contributed by atoms with Gasteiger partial charge in [-0.2, -0.15) is 18.0 Å². The standard InChI is InChI=1S/C17H20F3N5O/c1-11-6-12(2)9-24(8-11)15(26)10-25-22-16(21-23-25)13-4-3-5-14(7-13)17(18,19)20/h3-5,7,11-12H,6,8-10H2,1-2H3/t11-,12-/m1/s1. The summed E-state index contributed by atoms with van der Waals surface area (Å²) in [5.74, 6) is 0.819. The molecule has 1 amide bonds. The lowest BCUT2D eigenvalue weighted by Gasteiger charge is -2.34. The van der Waals surface area contributed by atoms with Gasteiger partial charge in [-0.1, -0.05) is 26.0 Å². The Labute approximate surface area is 149 Å². The average Bonchev–Trinajstić information content (AvgIpc) is 3.02. The first kappa shape index (κ1) is 18.3. The number of tetrazole rings is 1. The summed E-state index contributed by atoms with van der Waals surface area (Å²) in [6, 6.07) is 4.72. The van der Waals surface area contributed by atoms with Crippen LogP contribution < -0.4 is 0 Å². The minimum atomic E-state index is -4.44. The molecular weight excluding hydrogens is 347 g/mol. The maximum absolute atomic E-state index is 12.8. The second-order valence-electron chi connectivity index (χ2n) is 6.97. The van der Waals surface area contributed by atoms with Crippen molar-refractivity contribution in [1.29, 1.82) is 0 Å². The summed E-state index contributed by atoms with van der Waals surface area (Å²) in [5, 5.41) is 11.6. The van der Waals surface area contributed by atoms with Crippen molar-refractivity contribution in [2.45, 2.75) is 33.0 Å². The lowest BCUT2D eigenvalue weighted by Crippen LogP contribution is -2.44. The molecule has 9 heteroatoms. The molecule has 1 aliphatic rings. The molecule has 0 bridgehead atoms. The number of likely N-dealkylation sites (tertiary alicyclic amines) is 1. The highest BCUT2D eigenvalue weighted by atomic mass is 19.4. The lowest BCUT2D eigenvalue weighted by atomic mass is 9.92. The Morgan fingerprint density at radius 2 is 1.92 bits per heavy atom. The van der Waals surface area contributed by atoms with E-state index in [0.29, 0.717) is 24.9 Å². The van der Waals surface area contributed by atoms with Crippen molar-refractivity contribution in [2.24, 2.45) is 11.8 Å². The van der Waals surface area contributed by atoms with Gasteiger partial charge in [-0.3, -0.25) is 4.79 Å². The minimum Gasteiger partial charge on any atom is -0.340 e. The highest BCUT2D eigenvalue weighted by Crippen LogP contribution is 2.31. The van der Waals surface area contributed by atoms with Crippen LogP contribution in [0.15, 0.2) is 24.3 Å². The van der Waals surface area contributed by atoms with Gasteiger partial charge in [-0.05, 0) is 35.6 Å². The van der Waals surface area contributed by atoms with E-state index >= 15 is 0 Å². The third kappa shape index (κ3) is 4.20. The van der Waals surface area contributed by atoms with Gasteiger partial charge in [-0.25, -0.2) is 0 Å². The van der Waals surface area contributed by atoms with Gasteiger partial charge >= 0.3 is 6.18 Å². The Hall–Kier alpha value is -2.45. The van der Waals surface area contributed by atoms with Crippen LogP contribution in [0.25, 0.3) is 11.4 Å². The molecule has 0 N–H and O–H groups in total. The van der Waals surface area contributed by atoms with E-state index in [1.807, 2.05) is 0 Å². The summed E-state index contributed by atoms with van der Waals surface area (Å²) in [7, 11) is 0. The summed E-state index contributed by atoms with van der Waals surface area (Å²) in [6.45, 7) is 5.52. The van der Waals surface area contributed by atoms with E-state index in [1.54, 1.807) is 4.90 Å². The molecule has 26 heavy (non-hydrogen) atoms. The zero-order chi connectivity index (χ0) is 18.9. The second-order valence-corrected chi connectivity index (χ2v) is 6.97. The van der Waals surface area contributed by atoms with Crippen LogP contribution in [0.1, 0.15) is 25.8 Å². The number of hydrogen-bond acceptors (Lipinski definition) is 4. The molecule has 0 radical (unpaired) electrons. The minimum absolute atomic E-state index is 0.0595. The smallest absolute Gasteiger partial charge is 0.340 e. The predicted octanol–water partition coefficient (Wildman–Crippen LogP) is 2.86. The van der Waals surface area contributed by atoms with E-state index in [2.05, 4.69) is 29.3 Å². The normalized spacial score (nSPS) is 21.0. The fraction of sp³-hybridized carbons (Fsp3) is 0.529. The highest BCUT2D eigenvalue weighted by Gasteiger charge is 2.31. The monoisotopic (exact) mass is 367 g/mol. The second kappa shape index (κ2) is 7.05. The van der Waals surface area contributed by atoms with Crippen LogP contribution in [0, 0.1) is 11.8 Å². The number of aromatic nitrogens is 4. The first-order valence-corrected chi connectivity index (χ1v) is 8.45. The maximum atomic E-state index is 12.8.